The standard InChI is InChI=1S/C17H29NO2S/c1-3-5-7-9-11-14(12-10-8-6-4-2)13-15-16(19)18-17(20)21-15/h13-14H,3-12H2,1-2H3,(H,18,19,20)/b15-13-. The molecule has 1 aliphatic rings. The minimum absolute atomic E-state index is 0.211. The first kappa shape index (κ1) is 18.3. The van der Waals surface area contributed by atoms with E-state index in [1.807, 2.05) is 6.08 Å². The molecule has 0 aromatic rings. The number of nitrogens with one attached hydrogen (secondary N) is 1. The van der Waals surface area contributed by atoms with Gasteiger partial charge in [0, 0.05) is 0 Å². The number of allylic oxidation sites excluding steroid dienone is 1. The number of carbonyl (C=O) groups is 2. The highest BCUT2D eigenvalue weighted by Crippen LogP contribution is 2.28. The van der Waals surface area contributed by atoms with Crippen molar-refractivity contribution in [2.45, 2.75) is 78.1 Å². The molecule has 3 nitrogen and oxygen atoms in total. The summed E-state index contributed by atoms with van der Waals surface area (Å²) in [5.74, 6) is 0.231. The summed E-state index contributed by atoms with van der Waals surface area (Å²) >= 11 is 1.05. The van der Waals surface area contributed by atoms with Crippen LogP contribution in [0.3, 0.4) is 0 Å². The smallest absolute Gasteiger partial charge is 0.282 e. The highest BCUT2D eigenvalue weighted by atomic mass is 32.2. The molecule has 1 N–H and O–H groups in total. The maximum absolute atomic E-state index is 11.7. The van der Waals surface area contributed by atoms with Crippen LogP contribution in [0.4, 0.5) is 4.79 Å². The molecule has 0 aromatic heterocycles. The number of unbranched alkanes of at least 4 members (excludes halogenated alkanes) is 6. The summed E-state index contributed by atoms with van der Waals surface area (Å²) in [7, 11) is 0. The Labute approximate surface area is 133 Å². The predicted octanol–water partition coefficient (Wildman–Crippen LogP) is 5.41. The summed E-state index contributed by atoms with van der Waals surface area (Å²) in [6, 6.07) is 0. The van der Waals surface area contributed by atoms with Crippen molar-refractivity contribution in [2.75, 3.05) is 0 Å². The third-order valence-corrected chi connectivity index (χ3v) is 4.71. The third kappa shape index (κ3) is 7.70. The van der Waals surface area contributed by atoms with Gasteiger partial charge in [0.2, 0.25) is 0 Å². The van der Waals surface area contributed by atoms with Crippen LogP contribution in [-0.4, -0.2) is 11.1 Å². The van der Waals surface area contributed by atoms with E-state index >= 15 is 0 Å². The van der Waals surface area contributed by atoms with Gasteiger partial charge >= 0.3 is 0 Å². The Morgan fingerprint density at radius 3 is 1.95 bits per heavy atom. The second-order valence-corrected chi connectivity index (χ2v) is 6.85. The molecular weight excluding hydrogens is 282 g/mol. The fourth-order valence-electron chi connectivity index (χ4n) is 2.63. The average Bonchev–Trinajstić information content (AvgIpc) is 2.77. The lowest BCUT2D eigenvalue weighted by Gasteiger charge is -2.13. The van der Waals surface area contributed by atoms with E-state index in [0.717, 1.165) is 24.6 Å². The van der Waals surface area contributed by atoms with Crippen LogP contribution in [0.15, 0.2) is 11.0 Å². The summed E-state index contributed by atoms with van der Waals surface area (Å²) < 4.78 is 0. The minimum atomic E-state index is -0.234. The van der Waals surface area contributed by atoms with Crippen molar-refractivity contribution in [1.82, 2.24) is 5.32 Å². The summed E-state index contributed by atoms with van der Waals surface area (Å²) in [5, 5.41) is 2.11. The van der Waals surface area contributed by atoms with Crippen LogP contribution in [0, 0.1) is 5.92 Å². The van der Waals surface area contributed by atoms with Crippen molar-refractivity contribution in [3.63, 3.8) is 0 Å². The summed E-state index contributed by atoms with van der Waals surface area (Å²) in [4.78, 5) is 23.5. The molecule has 0 spiro atoms. The maximum atomic E-state index is 11.7. The Bertz CT molecular complexity index is 354. The molecule has 2 amide bonds. The minimum Gasteiger partial charge on any atom is -0.282 e. The van der Waals surface area contributed by atoms with Gasteiger partial charge in [0.15, 0.2) is 0 Å². The zero-order chi connectivity index (χ0) is 15.5. The van der Waals surface area contributed by atoms with Crippen molar-refractivity contribution >= 4 is 22.9 Å². The topological polar surface area (TPSA) is 46.2 Å². The molecule has 1 rings (SSSR count). The molecule has 1 aliphatic heterocycles. The summed E-state index contributed by atoms with van der Waals surface area (Å²) in [6.45, 7) is 4.44. The van der Waals surface area contributed by atoms with Crippen molar-refractivity contribution in [2.24, 2.45) is 5.92 Å². The molecule has 0 radical (unpaired) electrons. The third-order valence-electron chi connectivity index (χ3n) is 3.89. The van der Waals surface area contributed by atoms with Crippen LogP contribution in [0.1, 0.15) is 78.1 Å². The van der Waals surface area contributed by atoms with Gasteiger partial charge in [0.25, 0.3) is 11.1 Å². The fraction of sp³-hybridized carbons (Fsp3) is 0.765. The molecule has 4 heteroatoms. The quantitative estimate of drug-likeness (QED) is 0.410. The van der Waals surface area contributed by atoms with Crippen LogP contribution in [-0.2, 0) is 4.79 Å². The van der Waals surface area contributed by atoms with Gasteiger partial charge in [-0.2, -0.15) is 0 Å². The van der Waals surface area contributed by atoms with E-state index in [1.165, 1.54) is 51.4 Å². The van der Waals surface area contributed by atoms with E-state index in [2.05, 4.69) is 19.2 Å². The molecule has 0 aromatic carbocycles. The van der Waals surface area contributed by atoms with Crippen molar-refractivity contribution in [3.05, 3.63) is 11.0 Å². The molecule has 0 bridgehead atoms. The molecule has 0 aliphatic carbocycles. The van der Waals surface area contributed by atoms with Crippen molar-refractivity contribution in [1.29, 1.82) is 0 Å². The molecule has 1 fully saturated rings. The zero-order valence-corrected chi connectivity index (χ0v) is 14.3. The lowest BCUT2D eigenvalue weighted by Crippen LogP contribution is -2.18. The van der Waals surface area contributed by atoms with Crippen molar-refractivity contribution in [3.8, 4) is 0 Å². The zero-order valence-electron chi connectivity index (χ0n) is 13.5. The molecule has 120 valence electrons. The summed E-state index contributed by atoms with van der Waals surface area (Å²) in [5.41, 5.74) is 0. The van der Waals surface area contributed by atoms with Crippen LogP contribution < -0.4 is 5.32 Å². The lowest BCUT2D eigenvalue weighted by atomic mass is 9.94. The van der Waals surface area contributed by atoms with Gasteiger partial charge in [0.1, 0.15) is 0 Å². The molecular formula is C17H29NO2S. The Morgan fingerprint density at radius 2 is 1.52 bits per heavy atom. The van der Waals surface area contributed by atoms with Gasteiger partial charge < -0.3 is 0 Å². The van der Waals surface area contributed by atoms with E-state index in [9.17, 15) is 9.59 Å². The van der Waals surface area contributed by atoms with Gasteiger partial charge in [0.05, 0.1) is 4.91 Å². The highest BCUT2D eigenvalue weighted by molar-refractivity contribution is 8.18. The first-order valence-corrected chi connectivity index (χ1v) is 9.24. The monoisotopic (exact) mass is 311 g/mol. The van der Waals surface area contributed by atoms with E-state index in [1.54, 1.807) is 0 Å². The average molecular weight is 311 g/mol. The Morgan fingerprint density at radius 1 is 0.952 bits per heavy atom. The maximum Gasteiger partial charge on any atom is 0.290 e. The van der Waals surface area contributed by atoms with Gasteiger partial charge in [-0.25, -0.2) is 0 Å². The van der Waals surface area contributed by atoms with Crippen LogP contribution in [0.25, 0.3) is 0 Å². The van der Waals surface area contributed by atoms with E-state index in [-0.39, 0.29) is 11.1 Å². The van der Waals surface area contributed by atoms with E-state index in [0.29, 0.717) is 10.8 Å². The number of thioether (sulfide) groups is 1. The predicted molar refractivity (Wildman–Crippen MR) is 90.2 cm³/mol. The number of amides is 2. The number of hydrogen-bond donors (Lipinski definition) is 1. The second kappa shape index (κ2) is 10.9. The highest BCUT2D eigenvalue weighted by Gasteiger charge is 2.25. The molecule has 1 saturated heterocycles. The largest absolute Gasteiger partial charge is 0.290 e. The number of imide groups is 1. The normalized spacial score (nSPS) is 17.0. The van der Waals surface area contributed by atoms with Crippen LogP contribution in [0.5, 0.6) is 0 Å². The SMILES string of the molecule is CCCCCCC(/C=C1\SC(=O)NC1=O)CCCCCC. The van der Waals surface area contributed by atoms with Gasteiger partial charge in [-0.3, -0.25) is 14.9 Å². The number of rotatable bonds is 11. The molecule has 21 heavy (non-hydrogen) atoms. The molecule has 0 unspecified atom stereocenters. The van der Waals surface area contributed by atoms with Gasteiger partial charge in [-0.05, 0) is 30.5 Å². The molecule has 0 saturated carbocycles. The first-order valence-electron chi connectivity index (χ1n) is 8.42. The van der Waals surface area contributed by atoms with Gasteiger partial charge in [-0.15, -0.1) is 0 Å². The van der Waals surface area contributed by atoms with Gasteiger partial charge in [-0.1, -0.05) is 71.3 Å². The number of hydrogen-bond acceptors (Lipinski definition) is 3. The molecule has 1 heterocycles. The van der Waals surface area contributed by atoms with Crippen LogP contribution >= 0.6 is 11.8 Å². The Hall–Kier alpha value is -0.770. The molecule has 0 atom stereocenters. The van der Waals surface area contributed by atoms with Crippen LogP contribution in [0.2, 0.25) is 0 Å². The Balaban J connectivity index is 2.47. The first-order chi connectivity index (χ1) is 10.2. The lowest BCUT2D eigenvalue weighted by molar-refractivity contribution is -0.115. The van der Waals surface area contributed by atoms with E-state index in [4.69, 9.17) is 0 Å². The fourth-order valence-corrected chi connectivity index (χ4v) is 3.38. The second-order valence-electron chi connectivity index (χ2n) is 5.83. The van der Waals surface area contributed by atoms with Crippen molar-refractivity contribution < 1.29 is 9.59 Å². The van der Waals surface area contributed by atoms with E-state index < -0.39 is 0 Å². The number of carbonyl (C=O) groups excluding carboxylic acids is 2. The summed E-state index contributed by atoms with van der Waals surface area (Å²) in [6.07, 6.45) is 14.3. The Kier molecular flexibility index (Phi) is 9.48.